The van der Waals surface area contributed by atoms with Crippen molar-refractivity contribution in [2.24, 2.45) is 0 Å². The van der Waals surface area contributed by atoms with Crippen molar-refractivity contribution in [3.05, 3.63) is 70.1 Å². The Bertz CT molecular complexity index is 531. The summed E-state index contributed by atoms with van der Waals surface area (Å²) in [5, 5.41) is 3.00. The van der Waals surface area contributed by atoms with Crippen LogP contribution in [0.5, 0.6) is 0 Å². The Morgan fingerprint density at radius 1 is 1.12 bits per heavy atom. The van der Waals surface area contributed by atoms with Crippen molar-refractivity contribution in [2.75, 3.05) is 7.05 Å². The summed E-state index contributed by atoms with van der Waals surface area (Å²) in [6, 6.07) is 13.8. The fourth-order valence-electron chi connectivity index (χ4n) is 1.82. The van der Waals surface area contributed by atoms with Crippen molar-refractivity contribution in [2.45, 2.75) is 13.1 Å². The lowest BCUT2D eigenvalue weighted by atomic mass is 10.2. The van der Waals surface area contributed by atoms with Gasteiger partial charge in [0.2, 0.25) is 0 Å². The largest absolute Gasteiger partial charge is 0.315 e. The van der Waals surface area contributed by atoms with Crippen LogP contribution in [0.1, 0.15) is 11.1 Å². The first-order valence-electron chi connectivity index (χ1n) is 5.68. The van der Waals surface area contributed by atoms with E-state index in [0.717, 1.165) is 11.1 Å². The van der Waals surface area contributed by atoms with Crippen LogP contribution < -0.4 is 10.9 Å². The van der Waals surface area contributed by atoms with E-state index in [1.807, 2.05) is 55.7 Å². The summed E-state index contributed by atoms with van der Waals surface area (Å²) in [7, 11) is 1.84. The Morgan fingerprint density at radius 2 is 1.88 bits per heavy atom. The fourth-order valence-corrected chi connectivity index (χ4v) is 1.82. The molecular weight excluding hydrogens is 212 g/mol. The molecule has 0 amide bonds. The molecule has 0 saturated heterocycles. The van der Waals surface area contributed by atoms with Crippen LogP contribution in [0.15, 0.2) is 53.5 Å². The SMILES string of the molecule is CNCc1cccn(Cc2ccccc2)c1=O. The van der Waals surface area contributed by atoms with Crippen LogP contribution in [0.25, 0.3) is 0 Å². The lowest BCUT2D eigenvalue weighted by Crippen LogP contribution is -2.25. The average molecular weight is 228 g/mol. The highest BCUT2D eigenvalue weighted by Gasteiger charge is 2.02. The molecule has 0 saturated carbocycles. The predicted octanol–water partition coefficient (Wildman–Crippen LogP) is 1.62. The fraction of sp³-hybridized carbons (Fsp3) is 0.214. The second-order valence-corrected chi connectivity index (χ2v) is 3.98. The zero-order chi connectivity index (χ0) is 12.1. The van der Waals surface area contributed by atoms with Crippen LogP contribution in [0, 0.1) is 0 Å². The summed E-state index contributed by atoms with van der Waals surface area (Å²) in [5.74, 6) is 0. The maximum Gasteiger partial charge on any atom is 0.255 e. The molecule has 0 radical (unpaired) electrons. The first-order chi connectivity index (χ1) is 8.31. The second-order valence-electron chi connectivity index (χ2n) is 3.98. The summed E-state index contributed by atoms with van der Waals surface area (Å²) in [6.45, 7) is 1.23. The van der Waals surface area contributed by atoms with E-state index >= 15 is 0 Å². The Kier molecular flexibility index (Phi) is 3.73. The number of nitrogens with zero attached hydrogens (tertiary/aromatic N) is 1. The number of aromatic nitrogens is 1. The lowest BCUT2D eigenvalue weighted by molar-refractivity contribution is 0.722. The van der Waals surface area contributed by atoms with Gasteiger partial charge in [-0.3, -0.25) is 4.79 Å². The smallest absolute Gasteiger partial charge is 0.255 e. The van der Waals surface area contributed by atoms with Crippen LogP contribution >= 0.6 is 0 Å². The molecule has 1 aromatic heterocycles. The molecule has 1 N–H and O–H groups in total. The normalized spacial score (nSPS) is 10.4. The molecule has 0 aliphatic heterocycles. The van der Waals surface area contributed by atoms with Gasteiger partial charge in [-0.05, 0) is 18.7 Å². The molecule has 0 atom stereocenters. The zero-order valence-electron chi connectivity index (χ0n) is 9.89. The van der Waals surface area contributed by atoms with Crippen molar-refractivity contribution in [3.63, 3.8) is 0 Å². The number of hydrogen-bond donors (Lipinski definition) is 1. The molecule has 3 heteroatoms. The van der Waals surface area contributed by atoms with Gasteiger partial charge in [0.1, 0.15) is 0 Å². The number of nitrogens with one attached hydrogen (secondary N) is 1. The van der Waals surface area contributed by atoms with Gasteiger partial charge in [-0.1, -0.05) is 36.4 Å². The quantitative estimate of drug-likeness (QED) is 0.862. The highest BCUT2D eigenvalue weighted by Crippen LogP contribution is 2.01. The Labute approximate surface area is 101 Å². The molecule has 0 spiro atoms. The van der Waals surface area contributed by atoms with E-state index in [1.165, 1.54) is 0 Å². The highest BCUT2D eigenvalue weighted by molar-refractivity contribution is 5.17. The van der Waals surface area contributed by atoms with Gasteiger partial charge in [0.15, 0.2) is 0 Å². The molecule has 0 unspecified atom stereocenters. The van der Waals surface area contributed by atoms with E-state index in [-0.39, 0.29) is 5.56 Å². The monoisotopic (exact) mass is 228 g/mol. The highest BCUT2D eigenvalue weighted by atomic mass is 16.1. The maximum atomic E-state index is 12.1. The summed E-state index contributed by atoms with van der Waals surface area (Å²) < 4.78 is 1.74. The number of hydrogen-bond acceptors (Lipinski definition) is 2. The molecule has 0 fully saturated rings. The van der Waals surface area contributed by atoms with Crippen LogP contribution in [-0.4, -0.2) is 11.6 Å². The minimum absolute atomic E-state index is 0.0747. The van der Waals surface area contributed by atoms with Gasteiger partial charge >= 0.3 is 0 Å². The van der Waals surface area contributed by atoms with Gasteiger partial charge in [0.05, 0.1) is 6.54 Å². The van der Waals surface area contributed by atoms with Gasteiger partial charge in [0, 0.05) is 18.3 Å². The number of benzene rings is 1. The van der Waals surface area contributed by atoms with Crippen LogP contribution in [0.2, 0.25) is 0 Å². The third-order valence-electron chi connectivity index (χ3n) is 2.66. The molecule has 0 bridgehead atoms. The van der Waals surface area contributed by atoms with Crippen molar-refractivity contribution < 1.29 is 0 Å². The topological polar surface area (TPSA) is 34.0 Å². The molecule has 0 aliphatic rings. The van der Waals surface area contributed by atoms with Crippen LogP contribution in [0.3, 0.4) is 0 Å². The van der Waals surface area contributed by atoms with Crippen molar-refractivity contribution >= 4 is 0 Å². The summed E-state index contributed by atoms with van der Waals surface area (Å²) >= 11 is 0. The van der Waals surface area contributed by atoms with Crippen molar-refractivity contribution in [3.8, 4) is 0 Å². The van der Waals surface area contributed by atoms with E-state index in [0.29, 0.717) is 13.1 Å². The molecule has 88 valence electrons. The third kappa shape index (κ3) is 2.82. The molecule has 3 nitrogen and oxygen atoms in total. The standard InChI is InChI=1S/C14H16N2O/c1-15-10-13-8-5-9-16(14(13)17)11-12-6-3-2-4-7-12/h2-9,15H,10-11H2,1H3. The summed E-state index contributed by atoms with van der Waals surface area (Å²) in [4.78, 5) is 12.1. The molecule has 0 aliphatic carbocycles. The molecule has 1 heterocycles. The van der Waals surface area contributed by atoms with Crippen molar-refractivity contribution in [1.82, 2.24) is 9.88 Å². The van der Waals surface area contributed by atoms with Gasteiger partial charge < -0.3 is 9.88 Å². The van der Waals surface area contributed by atoms with E-state index in [9.17, 15) is 4.79 Å². The Balaban J connectivity index is 2.28. The molecule has 2 aromatic rings. The lowest BCUT2D eigenvalue weighted by Gasteiger charge is -2.07. The minimum Gasteiger partial charge on any atom is -0.315 e. The third-order valence-corrected chi connectivity index (χ3v) is 2.66. The van der Waals surface area contributed by atoms with Gasteiger partial charge in [-0.25, -0.2) is 0 Å². The van der Waals surface area contributed by atoms with Crippen LogP contribution in [-0.2, 0) is 13.1 Å². The van der Waals surface area contributed by atoms with E-state index in [2.05, 4.69) is 5.32 Å². The van der Waals surface area contributed by atoms with E-state index < -0.39 is 0 Å². The second kappa shape index (κ2) is 5.46. The molecule has 2 rings (SSSR count). The molecule has 17 heavy (non-hydrogen) atoms. The average Bonchev–Trinajstić information content (AvgIpc) is 2.36. The zero-order valence-corrected chi connectivity index (χ0v) is 9.89. The summed E-state index contributed by atoms with van der Waals surface area (Å²) in [6.07, 6.45) is 1.83. The maximum absolute atomic E-state index is 12.1. The van der Waals surface area contributed by atoms with Crippen LogP contribution in [0.4, 0.5) is 0 Å². The predicted molar refractivity (Wildman–Crippen MR) is 69.0 cm³/mol. The van der Waals surface area contributed by atoms with Gasteiger partial charge in [-0.15, -0.1) is 0 Å². The van der Waals surface area contributed by atoms with E-state index in [4.69, 9.17) is 0 Å². The van der Waals surface area contributed by atoms with Crippen molar-refractivity contribution in [1.29, 1.82) is 0 Å². The first-order valence-corrected chi connectivity index (χ1v) is 5.68. The van der Waals surface area contributed by atoms with Gasteiger partial charge in [-0.2, -0.15) is 0 Å². The molecular formula is C14H16N2O. The molecule has 1 aromatic carbocycles. The minimum atomic E-state index is 0.0747. The van der Waals surface area contributed by atoms with Gasteiger partial charge in [0.25, 0.3) is 5.56 Å². The summed E-state index contributed by atoms with van der Waals surface area (Å²) in [5.41, 5.74) is 2.01. The first kappa shape index (κ1) is 11.6. The Hall–Kier alpha value is -1.87. The Morgan fingerprint density at radius 3 is 2.59 bits per heavy atom. The number of pyridine rings is 1. The number of rotatable bonds is 4. The van der Waals surface area contributed by atoms with E-state index in [1.54, 1.807) is 4.57 Å².